The highest BCUT2D eigenvalue weighted by Crippen LogP contribution is 2.40. The van der Waals surface area contributed by atoms with E-state index in [4.69, 9.17) is 9.47 Å². The molecule has 0 saturated heterocycles. The van der Waals surface area contributed by atoms with E-state index in [9.17, 15) is 9.59 Å². The number of nitrogens with zero attached hydrogens (tertiary/aromatic N) is 1. The number of ether oxygens (including phenoxy) is 2. The molecule has 1 aliphatic carbocycles. The van der Waals surface area contributed by atoms with Gasteiger partial charge in [-0.3, -0.25) is 14.5 Å². The summed E-state index contributed by atoms with van der Waals surface area (Å²) in [4.78, 5) is 30.7. The van der Waals surface area contributed by atoms with Crippen LogP contribution >= 0.6 is 11.3 Å². The van der Waals surface area contributed by atoms with E-state index in [-0.39, 0.29) is 24.3 Å². The first kappa shape index (κ1) is 25.8. The fraction of sp³-hybridized carbons (Fsp3) is 0.379. The Morgan fingerprint density at radius 3 is 2.44 bits per heavy atom. The Labute approximate surface area is 217 Å². The van der Waals surface area contributed by atoms with Gasteiger partial charge in [-0.05, 0) is 48.9 Å². The van der Waals surface area contributed by atoms with Crippen LogP contribution in [0.25, 0.3) is 0 Å². The molecule has 1 heterocycles. The van der Waals surface area contributed by atoms with Crippen LogP contribution in [0.1, 0.15) is 54.1 Å². The molecule has 7 heteroatoms. The van der Waals surface area contributed by atoms with Gasteiger partial charge in [-0.2, -0.15) is 0 Å². The highest BCUT2D eigenvalue weighted by atomic mass is 32.1. The molecule has 0 aliphatic heterocycles. The van der Waals surface area contributed by atoms with E-state index in [0.29, 0.717) is 22.7 Å². The SMILES string of the molecule is COc1cccc([C@H](C(=O)NC2CCCCC2)N(C(=O)Cc2cccs2)c2ccccc2C)c1OC. The number of anilines is 1. The number of nitrogens with one attached hydrogen (secondary N) is 1. The second-order valence-corrected chi connectivity index (χ2v) is 10.2. The quantitative estimate of drug-likeness (QED) is 0.396. The minimum Gasteiger partial charge on any atom is -0.493 e. The maximum atomic E-state index is 14.1. The van der Waals surface area contributed by atoms with Gasteiger partial charge in [-0.25, -0.2) is 0 Å². The molecule has 0 unspecified atom stereocenters. The van der Waals surface area contributed by atoms with Crippen molar-refractivity contribution < 1.29 is 19.1 Å². The topological polar surface area (TPSA) is 67.9 Å². The first-order valence-corrected chi connectivity index (χ1v) is 13.3. The molecular formula is C29H34N2O4S. The molecule has 2 amide bonds. The van der Waals surface area contributed by atoms with Crippen LogP contribution in [0.4, 0.5) is 5.69 Å². The van der Waals surface area contributed by atoms with Crippen molar-refractivity contribution in [2.45, 2.75) is 57.5 Å². The van der Waals surface area contributed by atoms with Crippen LogP contribution in [0.2, 0.25) is 0 Å². The Kier molecular flexibility index (Phi) is 8.65. The van der Waals surface area contributed by atoms with Crippen LogP contribution in [0.5, 0.6) is 11.5 Å². The minimum absolute atomic E-state index is 0.0940. The van der Waals surface area contributed by atoms with Crippen molar-refractivity contribution in [3.8, 4) is 11.5 Å². The van der Waals surface area contributed by atoms with Crippen LogP contribution in [0.15, 0.2) is 60.0 Å². The summed E-state index contributed by atoms with van der Waals surface area (Å²) in [5.74, 6) is 0.601. The molecule has 1 atom stereocenters. The van der Waals surface area contributed by atoms with Crippen LogP contribution in [-0.4, -0.2) is 32.1 Å². The number of carbonyl (C=O) groups is 2. The molecule has 1 aliphatic rings. The number of para-hydroxylation sites is 2. The van der Waals surface area contributed by atoms with Crippen LogP contribution < -0.4 is 19.7 Å². The van der Waals surface area contributed by atoms with Gasteiger partial charge in [0.15, 0.2) is 11.5 Å². The third kappa shape index (κ3) is 5.73. The largest absolute Gasteiger partial charge is 0.493 e. The molecule has 1 saturated carbocycles. The summed E-state index contributed by atoms with van der Waals surface area (Å²) in [5.41, 5.74) is 2.20. The first-order chi connectivity index (χ1) is 17.5. The summed E-state index contributed by atoms with van der Waals surface area (Å²) in [7, 11) is 3.13. The maximum absolute atomic E-state index is 14.1. The van der Waals surface area contributed by atoms with E-state index >= 15 is 0 Å². The van der Waals surface area contributed by atoms with Gasteiger partial charge in [-0.15, -0.1) is 11.3 Å². The lowest BCUT2D eigenvalue weighted by Gasteiger charge is -2.35. The van der Waals surface area contributed by atoms with Gasteiger partial charge in [0.05, 0.1) is 20.6 Å². The van der Waals surface area contributed by atoms with E-state index in [1.165, 1.54) is 17.8 Å². The van der Waals surface area contributed by atoms with Gasteiger partial charge in [0, 0.05) is 22.2 Å². The zero-order valence-corrected chi connectivity index (χ0v) is 22.0. The lowest BCUT2D eigenvalue weighted by Crippen LogP contribution is -2.48. The number of hydrogen-bond acceptors (Lipinski definition) is 5. The zero-order valence-electron chi connectivity index (χ0n) is 21.2. The highest BCUT2D eigenvalue weighted by molar-refractivity contribution is 7.10. The molecule has 1 fully saturated rings. The molecule has 36 heavy (non-hydrogen) atoms. The van der Waals surface area contributed by atoms with Gasteiger partial charge in [0.25, 0.3) is 0 Å². The number of benzene rings is 2. The first-order valence-electron chi connectivity index (χ1n) is 12.4. The number of methoxy groups -OCH3 is 2. The van der Waals surface area contributed by atoms with E-state index < -0.39 is 6.04 Å². The zero-order chi connectivity index (χ0) is 25.5. The average molecular weight is 507 g/mol. The molecule has 3 aromatic rings. The molecule has 0 radical (unpaired) electrons. The molecule has 0 spiro atoms. The van der Waals surface area contributed by atoms with Crippen LogP contribution in [0, 0.1) is 6.92 Å². The molecule has 2 aromatic carbocycles. The lowest BCUT2D eigenvalue weighted by atomic mass is 9.94. The fourth-order valence-corrected chi connectivity index (χ4v) is 5.65. The second-order valence-electron chi connectivity index (χ2n) is 9.14. The lowest BCUT2D eigenvalue weighted by molar-refractivity contribution is -0.127. The summed E-state index contributed by atoms with van der Waals surface area (Å²) in [6, 6.07) is 16.2. The predicted molar refractivity (Wildman–Crippen MR) is 144 cm³/mol. The Bertz CT molecular complexity index is 1170. The summed E-state index contributed by atoms with van der Waals surface area (Å²) < 4.78 is 11.3. The number of rotatable bonds is 9. The molecule has 1 aromatic heterocycles. The van der Waals surface area contributed by atoms with E-state index in [1.54, 1.807) is 25.2 Å². The number of thiophene rings is 1. The standard InChI is InChI=1S/C29H34N2O4S/c1-20-11-7-8-16-24(20)31(26(32)19-22-14-10-18-36-22)27(29(33)30-21-12-5-4-6-13-21)23-15-9-17-25(34-2)28(23)35-3/h7-11,14-18,21,27H,4-6,12-13,19H2,1-3H3,(H,30,33)/t27-/m1/s1. The minimum atomic E-state index is -0.925. The van der Waals surface area contributed by atoms with Gasteiger partial charge in [-0.1, -0.05) is 55.7 Å². The maximum Gasteiger partial charge on any atom is 0.248 e. The van der Waals surface area contributed by atoms with Crippen molar-refractivity contribution in [2.75, 3.05) is 19.1 Å². The van der Waals surface area contributed by atoms with E-state index in [1.807, 2.05) is 60.8 Å². The summed E-state index contributed by atoms with van der Waals surface area (Å²) in [6.07, 6.45) is 5.47. The Balaban J connectivity index is 1.85. The Morgan fingerprint density at radius 2 is 1.78 bits per heavy atom. The second kappa shape index (κ2) is 12.1. The van der Waals surface area contributed by atoms with Gasteiger partial charge in [0.2, 0.25) is 11.8 Å². The third-order valence-corrected chi connectivity index (χ3v) is 7.61. The number of amides is 2. The molecule has 0 bridgehead atoms. The van der Waals surface area contributed by atoms with Crippen molar-refractivity contribution in [2.24, 2.45) is 0 Å². The molecule has 4 rings (SSSR count). The van der Waals surface area contributed by atoms with E-state index in [2.05, 4.69) is 5.32 Å². The molecular weight excluding hydrogens is 472 g/mol. The third-order valence-electron chi connectivity index (χ3n) is 6.74. The predicted octanol–water partition coefficient (Wildman–Crippen LogP) is 5.84. The normalized spacial score (nSPS) is 14.6. The van der Waals surface area contributed by atoms with Crippen molar-refractivity contribution >= 4 is 28.8 Å². The van der Waals surface area contributed by atoms with Crippen LogP contribution in [0.3, 0.4) is 0 Å². The monoisotopic (exact) mass is 506 g/mol. The highest BCUT2D eigenvalue weighted by Gasteiger charge is 2.37. The average Bonchev–Trinajstić information content (AvgIpc) is 3.40. The van der Waals surface area contributed by atoms with Gasteiger partial charge < -0.3 is 14.8 Å². The molecule has 6 nitrogen and oxygen atoms in total. The number of hydrogen-bond donors (Lipinski definition) is 1. The summed E-state index contributed by atoms with van der Waals surface area (Å²) in [6.45, 7) is 1.96. The fourth-order valence-electron chi connectivity index (χ4n) is 4.95. The van der Waals surface area contributed by atoms with Gasteiger partial charge >= 0.3 is 0 Å². The van der Waals surface area contributed by atoms with E-state index in [0.717, 1.165) is 36.1 Å². The Morgan fingerprint density at radius 1 is 1.00 bits per heavy atom. The smallest absolute Gasteiger partial charge is 0.248 e. The molecule has 1 N–H and O–H groups in total. The van der Waals surface area contributed by atoms with Gasteiger partial charge in [0.1, 0.15) is 6.04 Å². The van der Waals surface area contributed by atoms with Crippen molar-refractivity contribution in [1.82, 2.24) is 5.32 Å². The van der Waals surface area contributed by atoms with Crippen LogP contribution in [-0.2, 0) is 16.0 Å². The van der Waals surface area contributed by atoms with Crippen molar-refractivity contribution in [3.05, 3.63) is 76.0 Å². The summed E-state index contributed by atoms with van der Waals surface area (Å²) >= 11 is 1.53. The van der Waals surface area contributed by atoms with Crippen molar-refractivity contribution in [1.29, 1.82) is 0 Å². The van der Waals surface area contributed by atoms with Crippen molar-refractivity contribution in [3.63, 3.8) is 0 Å². The summed E-state index contributed by atoms with van der Waals surface area (Å²) in [5, 5.41) is 5.22. The molecule has 190 valence electrons. The number of carbonyl (C=O) groups excluding carboxylic acids is 2. The number of aryl methyl sites for hydroxylation is 1. The Hall–Kier alpha value is -3.32.